The molecule has 1 aromatic heterocycles. The third-order valence-electron chi connectivity index (χ3n) is 3.55. The summed E-state index contributed by atoms with van der Waals surface area (Å²) in [6.07, 6.45) is 4.50. The molecule has 0 atom stereocenters. The third kappa shape index (κ3) is 3.94. The summed E-state index contributed by atoms with van der Waals surface area (Å²) >= 11 is 0. The number of rotatable bonds is 4. The van der Waals surface area contributed by atoms with Crippen LogP contribution in [0.25, 0.3) is 6.08 Å². The van der Waals surface area contributed by atoms with Gasteiger partial charge < -0.3 is 19.1 Å². The summed E-state index contributed by atoms with van der Waals surface area (Å²) in [5.41, 5.74) is 0.432. The van der Waals surface area contributed by atoms with Gasteiger partial charge in [-0.25, -0.2) is 9.78 Å². The van der Waals surface area contributed by atoms with E-state index >= 15 is 0 Å². The van der Waals surface area contributed by atoms with Crippen LogP contribution >= 0.6 is 0 Å². The highest BCUT2D eigenvalue weighted by Gasteiger charge is 2.19. The summed E-state index contributed by atoms with van der Waals surface area (Å²) in [6, 6.07) is 0. The van der Waals surface area contributed by atoms with Crippen molar-refractivity contribution in [3.05, 3.63) is 28.3 Å². The normalized spacial score (nSPS) is 16.2. The largest absolute Gasteiger partial charge is 0.463 e. The molecule has 0 amide bonds. The maximum atomic E-state index is 12.3. The summed E-state index contributed by atoms with van der Waals surface area (Å²) in [5.74, 6) is 0.0147. The topological polar surface area (TPSA) is 67.7 Å². The number of piperazine rings is 1. The smallest absolute Gasteiger partial charge is 0.330 e. The molecule has 7 nitrogen and oxygen atoms in total. The Balaban J connectivity index is 2.23. The van der Waals surface area contributed by atoms with Crippen LogP contribution in [0.1, 0.15) is 12.6 Å². The van der Waals surface area contributed by atoms with Gasteiger partial charge in [-0.3, -0.25) is 4.79 Å². The average Bonchev–Trinajstić information content (AvgIpc) is 2.49. The standard InChI is InChI=1S/C15H22N4O3/c1-4-22-13(20)6-5-12-11-18(3)15(21)14(16-12)19-9-7-17(2)8-10-19/h5-6,11H,4,7-10H2,1-3H3/b6-5+. The number of likely N-dealkylation sites (N-methyl/N-ethyl adjacent to an activating group) is 1. The Labute approximate surface area is 129 Å². The van der Waals surface area contributed by atoms with Gasteiger partial charge >= 0.3 is 5.97 Å². The molecular formula is C15H22N4O3. The van der Waals surface area contributed by atoms with E-state index in [1.807, 2.05) is 4.90 Å². The fraction of sp³-hybridized carbons (Fsp3) is 0.533. The molecule has 1 fully saturated rings. The van der Waals surface area contributed by atoms with Crippen LogP contribution < -0.4 is 10.5 Å². The molecule has 2 heterocycles. The highest BCUT2D eigenvalue weighted by Crippen LogP contribution is 2.10. The number of hydrogen-bond donors (Lipinski definition) is 0. The van der Waals surface area contributed by atoms with Gasteiger partial charge in [-0.1, -0.05) is 0 Å². The monoisotopic (exact) mass is 306 g/mol. The van der Waals surface area contributed by atoms with Crippen molar-refractivity contribution in [3.63, 3.8) is 0 Å². The molecule has 2 rings (SSSR count). The first kappa shape index (κ1) is 16.2. The highest BCUT2D eigenvalue weighted by molar-refractivity contribution is 5.86. The van der Waals surface area contributed by atoms with Gasteiger partial charge in [0.25, 0.3) is 5.56 Å². The van der Waals surface area contributed by atoms with Gasteiger partial charge in [0.05, 0.1) is 12.3 Å². The molecule has 7 heteroatoms. The van der Waals surface area contributed by atoms with Gasteiger partial charge in [0.15, 0.2) is 5.82 Å². The van der Waals surface area contributed by atoms with Crippen LogP contribution in [0.2, 0.25) is 0 Å². The quantitative estimate of drug-likeness (QED) is 0.581. The maximum Gasteiger partial charge on any atom is 0.330 e. The van der Waals surface area contributed by atoms with E-state index in [-0.39, 0.29) is 5.56 Å². The van der Waals surface area contributed by atoms with Gasteiger partial charge in [-0.15, -0.1) is 0 Å². The zero-order valence-corrected chi connectivity index (χ0v) is 13.3. The van der Waals surface area contributed by atoms with Crippen molar-refractivity contribution in [3.8, 4) is 0 Å². The molecule has 120 valence electrons. The molecule has 1 aromatic rings. The number of anilines is 1. The zero-order chi connectivity index (χ0) is 16.1. The number of aromatic nitrogens is 2. The number of ether oxygens (including phenoxy) is 1. The first-order chi connectivity index (χ1) is 10.5. The Morgan fingerprint density at radius 1 is 1.32 bits per heavy atom. The number of hydrogen-bond acceptors (Lipinski definition) is 6. The lowest BCUT2D eigenvalue weighted by atomic mass is 10.3. The third-order valence-corrected chi connectivity index (χ3v) is 3.55. The second-order valence-electron chi connectivity index (χ2n) is 5.28. The van der Waals surface area contributed by atoms with E-state index in [2.05, 4.69) is 16.9 Å². The lowest BCUT2D eigenvalue weighted by Gasteiger charge is -2.32. The first-order valence-corrected chi connectivity index (χ1v) is 7.37. The molecule has 1 saturated heterocycles. The Morgan fingerprint density at radius 3 is 2.64 bits per heavy atom. The summed E-state index contributed by atoms with van der Waals surface area (Å²) in [5, 5.41) is 0. The summed E-state index contributed by atoms with van der Waals surface area (Å²) in [7, 11) is 3.74. The number of carbonyl (C=O) groups is 1. The summed E-state index contributed by atoms with van der Waals surface area (Å²) in [6.45, 7) is 5.41. The van der Waals surface area contributed by atoms with Gasteiger partial charge in [-0.05, 0) is 20.0 Å². The fourth-order valence-electron chi connectivity index (χ4n) is 2.26. The number of carbonyl (C=O) groups excluding carboxylic acids is 1. The van der Waals surface area contributed by atoms with Crippen molar-refractivity contribution >= 4 is 17.9 Å². The zero-order valence-electron chi connectivity index (χ0n) is 13.3. The molecule has 0 N–H and O–H groups in total. The molecule has 1 aliphatic heterocycles. The van der Waals surface area contributed by atoms with E-state index < -0.39 is 5.97 Å². The van der Waals surface area contributed by atoms with Gasteiger partial charge in [0.1, 0.15) is 0 Å². The van der Waals surface area contributed by atoms with Crippen molar-refractivity contribution in [1.29, 1.82) is 0 Å². The van der Waals surface area contributed by atoms with E-state index in [4.69, 9.17) is 4.74 Å². The Kier molecular flexibility index (Phi) is 5.32. The molecule has 0 unspecified atom stereocenters. The van der Waals surface area contributed by atoms with E-state index in [0.29, 0.717) is 18.1 Å². The predicted molar refractivity (Wildman–Crippen MR) is 84.9 cm³/mol. The SMILES string of the molecule is CCOC(=O)/C=C/c1cn(C)c(=O)c(N2CCN(C)CC2)n1. The minimum atomic E-state index is -0.417. The number of aryl methyl sites for hydroxylation is 1. The molecule has 0 spiro atoms. The highest BCUT2D eigenvalue weighted by atomic mass is 16.5. The van der Waals surface area contributed by atoms with E-state index in [1.165, 1.54) is 10.6 Å². The van der Waals surface area contributed by atoms with Crippen molar-refractivity contribution in [2.75, 3.05) is 44.7 Å². The van der Waals surface area contributed by atoms with Crippen LogP contribution in [-0.2, 0) is 16.6 Å². The van der Waals surface area contributed by atoms with Crippen LogP contribution in [-0.4, -0.2) is 60.3 Å². The molecule has 0 bridgehead atoms. The van der Waals surface area contributed by atoms with Gasteiger partial charge in [0.2, 0.25) is 0 Å². The van der Waals surface area contributed by atoms with E-state index in [9.17, 15) is 9.59 Å². The second kappa shape index (κ2) is 7.22. The predicted octanol–water partition coefficient (Wildman–Crippen LogP) is 0.108. The summed E-state index contributed by atoms with van der Waals surface area (Å²) < 4.78 is 6.33. The molecule has 0 aromatic carbocycles. The van der Waals surface area contributed by atoms with Gasteiger partial charge in [0, 0.05) is 45.5 Å². The van der Waals surface area contributed by atoms with Crippen molar-refractivity contribution in [1.82, 2.24) is 14.5 Å². The Bertz CT molecular complexity index is 616. The van der Waals surface area contributed by atoms with Gasteiger partial charge in [-0.2, -0.15) is 0 Å². The van der Waals surface area contributed by atoms with Crippen molar-refractivity contribution < 1.29 is 9.53 Å². The van der Waals surface area contributed by atoms with Crippen molar-refractivity contribution in [2.45, 2.75) is 6.92 Å². The lowest BCUT2D eigenvalue weighted by molar-refractivity contribution is -0.137. The summed E-state index contributed by atoms with van der Waals surface area (Å²) in [4.78, 5) is 32.2. The van der Waals surface area contributed by atoms with E-state index in [1.54, 1.807) is 26.2 Å². The molecule has 0 radical (unpaired) electrons. The lowest BCUT2D eigenvalue weighted by Crippen LogP contribution is -2.47. The molecule has 0 aliphatic carbocycles. The second-order valence-corrected chi connectivity index (χ2v) is 5.28. The molecule has 0 saturated carbocycles. The van der Waals surface area contributed by atoms with Crippen LogP contribution in [0.5, 0.6) is 0 Å². The van der Waals surface area contributed by atoms with Crippen LogP contribution in [0.3, 0.4) is 0 Å². The Morgan fingerprint density at radius 2 is 2.00 bits per heavy atom. The first-order valence-electron chi connectivity index (χ1n) is 7.37. The molecule has 22 heavy (non-hydrogen) atoms. The average molecular weight is 306 g/mol. The molecule has 1 aliphatic rings. The van der Waals surface area contributed by atoms with Crippen LogP contribution in [0.15, 0.2) is 17.1 Å². The minimum absolute atomic E-state index is 0.127. The number of esters is 1. The van der Waals surface area contributed by atoms with E-state index in [0.717, 1.165) is 26.2 Å². The maximum absolute atomic E-state index is 12.3. The fourth-order valence-corrected chi connectivity index (χ4v) is 2.26. The van der Waals surface area contributed by atoms with Crippen LogP contribution in [0.4, 0.5) is 5.82 Å². The van der Waals surface area contributed by atoms with Crippen molar-refractivity contribution in [2.24, 2.45) is 7.05 Å². The molecular weight excluding hydrogens is 284 g/mol. The van der Waals surface area contributed by atoms with Crippen LogP contribution in [0, 0.1) is 0 Å². The Hall–Kier alpha value is -2.15. The number of nitrogens with zero attached hydrogens (tertiary/aromatic N) is 4. The minimum Gasteiger partial charge on any atom is -0.463 e.